The molecule has 0 fully saturated rings. The van der Waals surface area contributed by atoms with Gasteiger partial charge in [-0.3, -0.25) is 4.79 Å². The fourth-order valence-electron chi connectivity index (χ4n) is 2.38. The molecule has 0 aromatic heterocycles. The zero-order valence-electron chi connectivity index (χ0n) is 13.8. The smallest absolute Gasteiger partial charge is 0.224 e. The molecule has 0 saturated carbocycles. The summed E-state index contributed by atoms with van der Waals surface area (Å²) in [5.41, 5.74) is 8.27. The van der Waals surface area contributed by atoms with Gasteiger partial charge in [-0.25, -0.2) is 0 Å². The van der Waals surface area contributed by atoms with Crippen LogP contribution in [0, 0.1) is 6.92 Å². The van der Waals surface area contributed by atoms with Crippen LogP contribution in [0.15, 0.2) is 18.2 Å². The summed E-state index contributed by atoms with van der Waals surface area (Å²) < 4.78 is 0. The zero-order valence-corrected chi connectivity index (χ0v) is 13.8. The normalized spacial score (nSPS) is 12.4. The van der Waals surface area contributed by atoms with E-state index >= 15 is 0 Å². The van der Waals surface area contributed by atoms with E-state index in [9.17, 15) is 4.79 Å². The zero-order chi connectivity index (χ0) is 15.8. The molecule has 3 N–H and O–H groups in total. The van der Waals surface area contributed by atoms with Crippen LogP contribution >= 0.6 is 0 Å². The minimum Gasteiger partial charge on any atom is -0.399 e. The van der Waals surface area contributed by atoms with Gasteiger partial charge in [0.15, 0.2) is 0 Å². The molecule has 0 aliphatic heterocycles. The molecule has 0 aliphatic rings. The van der Waals surface area contributed by atoms with E-state index in [1.165, 1.54) is 0 Å². The molecule has 1 amide bonds. The van der Waals surface area contributed by atoms with Gasteiger partial charge in [0, 0.05) is 23.8 Å². The summed E-state index contributed by atoms with van der Waals surface area (Å²) in [6.07, 6.45) is 2.56. The maximum atomic E-state index is 12.0. The van der Waals surface area contributed by atoms with Crippen molar-refractivity contribution >= 4 is 17.3 Å². The molecule has 0 saturated heterocycles. The highest BCUT2D eigenvalue weighted by Gasteiger charge is 2.11. The summed E-state index contributed by atoms with van der Waals surface area (Å²) in [6, 6.07) is 6.16. The van der Waals surface area contributed by atoms with Gasteiger partial charge in [0.1, 0.15) is 0 Å². The Hall–Kier alpha value is -1.55. The van der Waals surface area contributed by atoms with Crippen molar-refractivity contribution in [3.05, 3.63) is 23.8 Å². The lowest BCUT2D eigenvalue weighted by Crippen LogP contribution is -2.33. The molecular weight excluding hydrogens is 262 g/mol. The highest BCUT2D eigenvalue weighted by Crippen LogP contribution is 2.18. The average molecular weight is 291 g/mol. The van der Waals surface area contributed by atoms with E-state index < -0.39 is 0 Å². The molecule has 4 nitrogen and oxygen atoms in total. The maximum absolute atomic E-state index is 12.0. The van der Waals surface area contributed by atoms with Gasteiger partial charge < -0.3 is 16.0 Å². The molecule has 0 radical (unpaired) electrons. The van der Waals surface area contributed by atoms with Gasteiger partial charge in [-0.2, -0.15) is 0 Å². The Balaban J connectivity index is 2.42. The van der Waals surface area contributed by atoms with E-state index in [0.29, 0.717) is 18.2 Å². The fourth-order valence-corrected chi connectivity index (χ4v) is 2.38. The van der Waals surface area contributed by atoms with Crippen LogP contribution in [0.5, 0.6) is 0 Å². The van der Waals surface area contributed by atoms with Crippen LogP contribution in [0.3, 0.4) is 0 Å². The molecule has 0 heterocycles. The molecule has 1 rings (SSSR count). The highest BCUT2D eigenvalue weighted by molar-refractivity contribution is 5.91. The van der Waals surface area contributed by atoms with Crippen LogP contribution in [0.25, 0.3) is 0 Å². The number of nitrogens with two attached hydrogens (primary N) is 1. The first-order valence-corrected chi connectivity index (χ1v) is 7.87. The largest absolute Gasteiger partial charge is 0.399 e. The van der Waals surface area contributed by atoms with Crippen molar-refractivity contribution in [2.45, 2.75) is 53.0 Å². The van der Waals surface area contributed by atoms with E-state index in [4.69, 9.17) is 5.73 Å². The van der Waals surface area contributed by atoms with Crippen molar-refractivity contribution in [1.29, 1.82) is 0 Å². The molecule has 4 heteroatoms. The third-order valence-corrected chi connectivity index (χ3v) is 4.01. The minimum atomic E-state index is 0.0592. The number of amides is 1. The lowest BCUT2D eigenvalue weighted by atomic mass is 10.1. The standard InChI is InChI=1S/C17H29N3O/c1-5-14(4)20(6-2)11-7-8-17(21)19-16-12-15(18)10-9-13(16)3/h9-10,12,14H,5-8,11,18H2,1-4H3,(H,19,21). The minimum absolute atomic E-state index is 0.0592. The lowest BCUT2D eigenvalue weighted by molar-refractivity contribution is -0.116. The Bertz CT molecular complexity index is 459. The van der Waals surface area contributed by atoms with Crippen molar-refractivity contribution < 1.29 is 4.79 Å². The Morgan fingerprint density at radius 2 is 2.10 bits per heavy atom. The number of nitrogens with one attached hydrogen (secondary N) is 1. The lowest BCUT2D eigenvalue weighted by Gasteiger charge is -2.26. The van der Waals surface area contributed by atoms with Gasteiger partial charge in [-0.1, -0.05) is 19.9 Å². The number of carbonyl (C=O) groups excluding carboxylic acids is 1. The van der Waals surface area contributed by atoms with Crippen molar-refractivity contribution in [2.24, 2.45) is 0 Å². The number of benzene rings is 1. The van der Waals surface area contributed by atoms with Crippen LogP contribution < -0.4 is 11.1 Å². The molecule has 1 unspecified atom stereocenters. The number of rotatable bonds is 8. The Morgan fingerprint density at radius 3 is 2.71 bits per heavy atom. The van der Waals surface area contributed by atoms with Crippen molar-refractivity contribution in [3.63, 3.8) is 0 Å². The van der Waals surface area contributed by atoms with Crippen LogP contribution in [0.2, 0.25) is 0 Å². The van der Waals surface area contributed by atoms with E-state index in [1.54, 1.807) is 0 Å². The first-order valence-electron chi connectivity index (χ1n) is 7.87. The van der Waals surface area contributed by atoms with Gasteiger partial charge in [0.2, 0.25) is 5.91 Å². The average Bonchev–Trinajstić information content (AvgIpc) is 2.46. The van der Waals surface area contributed by atoms with Crippen LogP contribution in [0.1, 0.15) is 45.6 Å². The van der Waals surface area contributed by atoms with Crippen LogP contribution in [-0.4, -0.2) is 29.9 Å². The quantitative estimate of drug-likeness (QED) is 0.722. The van der Waals surface area contributed by atoms with E-state index in [0.717, 1.165) is 37.2 Å². The number of hydrogen-bond acceptors (Lipinski definition) is 3. The predicted molar refractivity (Wildman–Crippen MR) is 90.5 cm³/mol. The Labute approximate surface area is 128 Å². The van der Waals surface area contributed by atoms with E-state index in [1.807, 2.05) is 25.1 Å². The third kappa shape index (κ3) is 5.76. The van der Waals surface area contributed by atoms with E-state index in [2.05, 4.69) is 31.0 Å². The molecule has 0 bridgehead atoms. The van der Waals surface area contributed by atoms with Crippen molar-refractivity contribution in [3.8, 4) is 0 Å². The molecule has 1 atom stereocenters. The van der Waals surface area contributed by atoms with Gasteiger partial charge in [-0.05, 0) is 57.5 Å². The fraction of sp³-hybridized carbons (Fsp3) is 0.588. The van der Waals surface area contributed by atoms with Gasteiger partial charge in [0.25, 0.3) is 0 Å². The number of nitrogen functional groups attached to an aromatic ring is 1. The topological polar surface area (TPSA) is 58.4 Å². The predicted octanol–water partition coefficient (Wildman–Crippen LogP) is 3.42. The van der Waals surface area contributed by atoms with Crippen molar-refractivity contribution in [2.75, 3.05) is 24.1 Å². The number of nitrogens with zero attached hydrogens (tertiary/aromatic N) is 1. The van der Waals surface area contributed by atoms with Gasteiger partial charge in [0.05, 0.1) is 0 Å². The summed E-state index contributed by atoms with van der Waals surface area (Å²) in [7, 11) is 0. The second-order valence-electron chi connectivity index (χ2n) is 5.61. The van der Waals surface area contributed by atoms with Gasteiger partial charge in [-0.15, -0.1) is 0 Å². The molecular formula is C17H29N3O. The van der Waals surface area contributed by atoms with Gasteiger partial charge >= 0.3 is 0 Å². The monoisotopic (exact) mass is 291 g/mol. The number of aryl methyl sites for hydroxylation is 1. The molecule has 0 aliphatic carbocycles. The SMILES string of the molecule is CCC(C)N(CC)CCCC(=O)Nc1cc(N)ccc1C. The Morgan fingerprint density at radius 1 is 1.38 bits per heavy atom. The summed E-state index contributed by atoms with van der Waals surface area (Å²) in [6.45, 7) is 10.6. The first-order chi connectivity index (χ1) is 9.97. The molecule has 118 valence electrons. The highest BCUT2D eigenvalue weighted by atomic mass is 16.1. The number of hydrogen-bond donors (Lipinski definition) is 2. The summed E-state index contributed by atoms with van der Waals surface area (Å²) >= 11 is 0. The summed E-state index contributed by atoms with van der Waals surface area (Å²) in [5, 5.41) is 2.95. The summed E-state index contributed by atoms with van der Waals surface area (Å²) in [4.78, 5) is 14.4. The maximum Gasteiger partial charge on any atom is 0.224 e. The molecule has 0 spiro atoms. The Kier molecular flexibility index (Phi) is 7.23. The van der Waals surface area contributed by atoms with Crippen LogP contribution in [-0.2, 0) is 4.79 Å². The first kappa shape index (κ1) is 17.5. The number of carbonyl (C=O) groups is 1. The molecule has 1 aromatic rings. The second kappa shape index (κ2) is 8.67. The number of anilines is 2. The van der Waals surface area contributed by atoms with Crippen molar-refractivity contribution in [1.82, 2.24) is 4.90 Å². The van der Waals surface area contributed by atoms with Crippen LogP contribution in [0.4, 0.5) is 11.4 Å². The molecule has 1 aromatic carbocycles. The van der Waals surface area contributed by atoms with E-state index in [-0.39, 0.29) is 5.91 Å². The second-order valence-corrected chi connectivity index (χ2v) is 5.61. The summed E-state index contributed by atoms with van der Waals surface area (Å²) in [5.74, 6) is 0.0592. The molecule has 21 heavy (non-hydrogen) atoms. The third-order valence-electron chi connectivity index (χ3n) is 4.01.